The molecule has 2 rings (SSSR count). The van der Waals surface area contributed by atoms with Gasteiger partial charge in [-0.3, -0.25) is 9.69 Å². The number of carboxylic acids is 1. The number of carbonyl (C=O) groups is 1. The van der Waals surface area contributed by atoms with Gasteiger partial charge in [-0.15, -0.1) is 0 Å². The fourth-order valence-electron chi connectivity index (χ4n) is 1.59. The molecule has 0 radical (unpaired) electrons. The van der Waals surface area contributed by atoms with Crippen LogP contribution in [0.4, 0.5) is 0 Å². The fraction of sp³-hybridized carbons (Fsp3) is 0.357. The zero-order chi connectivity index (χ0) is 14.8. The molecule has 0 saturated carbocycles. The SMILES string of the molecule is CN(Cc1nc(-c2ccccc2)no1)C(C)(C)C(=O)O. The summed E-state index contributed by atoms with van der Waals surface area (Å²) in [4.78, 5) is 17.1. The molecular weight excluding hydrogens is 258 g/mol. The van der Waals surface area contributed by atoms with Crippen molar-refractivity contribution in [1.82, 2.24) is 15.0 Å². The summed E-state index contributed by atoms with van der Waals surface area (Å²) < 4.78 is 5.17. The van der Waals surface area contributed by atoms with E-state index in [2.05, 4.69) is 10.1 Å². The predicted molar refractivity (Wildman–Crippen MR) is 72.9 cm³/mol. The molecule has 0 amide bonds. The Hall–Kier alpha value is -2.21. The smallest absolute Gasteiger partial charge is 0.323 e. The molecule has 2 aromatic rings. The summed E-state index contributed by atoms with van der Waals surface area (Å²) in [6.07, 6.45) is 0. The van der Waals surface area contributed by atoms with Crippen molar-refractivity contribution in [2.24, 2.45) is 0 Å². The zero-order valence-corrected chi connectivity index (χ0v) is 11.7. The van der Waals surface area contributed by atoms with Gasteiger partial charge in [-0.1, -0.05) is 35.5 Å². The number of aromatic nitrogens is 2. The third kappa shape index (κ3) is 2.85. The molecule has 1 aromatic carbocycles. The van der Waals surface area contributed by atoms with Crippen molar-refractivity contribution in [3.8, 4) is 11.4 Å². The van der Waals surface area contributed by atoms with Crippen LogP contribution in [0, 0.1) is 0 Å². The van der Waals surface area contributed by atoms with Crippen LogP contribution in [0.1, 0.15) is 19.7 Å². The minimum atomic E-state index is -0.999. The lowest BCUT2D eigenvalue weighted by Gasteiger charge is -2.29. The van der Waals surface area contributed by atoms with E-state index in [9.17, 15) is 4.79 Å². The lowest BCUT2D eigenvalue weighted by atomic mass is 10.0. The Balaban J connectivity index is 2.13. The third-order valence-electron chi connectivity index (χ3n) is 3.35. The molecule has 0 aliphatic heterocycles. The maximum Gasteiger partial charge on any atom is 0.323 e. The quantitative estimate of drug-likeness (QED) is 0.899. The monoisotopic (exact) mass is 275 g/mol. The molecule has 0 aliphatic carbocycles. The van der Waals surface area contributed by atoms with Gasteiger partial charge in [-0.2, -0.15) is 4.98 Å². The van der Waals surface area contributed by atoms with Gasteiger partial charge in [0.15, 0.2) is 0 Å². The first-order valence-corrected chi connectivity index (χ1v) is 6.24. The Morgan fingerprint density at radius 2 is 2.00 bits per heavy atom. The zero-order valence-electron chi connectivity index (χ0n) is 11.7. The average Bonchev–Trinajstić information content (AvgIpc) is 2.88. The van der Waals surface area contributed by atoms with Gasteiger partial charge in [0.1, 0.15) is 5.54 Å². The van der Waals surface area contributed by atoms with Gasteiger partial charge < -0.3 is 9.63 Å². The van der Waals surface area contributed by atoms with Crippen LogP contribution in [-0.4, -0.2) is 38.7 Å². The molecule has 106 valence electrons. The summed E-state index contributed by atoms with van der Waals surface area (Å²) in [7, 11) is 1.71. The number of hydrogen-bond acceptors (Lipinski definition) is 5. The summed E-state index contributed by atoms with van der Waals surface area (Å²) in [5, 5.41) is 13.1. The van der Waals surface area contributed by atoms with Crippen molar-refractivity contribution in [2.45, 2.75) is 25.9 Å². The van der Waals surface area contributed by atoms with Crippen molar-refractivity contribution < 1.29 is 14.4 Å². The van der Waals surface area contributed by atoms with Crippen LogP contribution in [0.15, 0.2) is 34.9 Å². The Morgan fingerprint density at radius 1 is 1.35 bits per heavy atom. The van der Waals surface area contributed by atoms with Gasteiger partial charge in [-0.25, -0.2) is 0 Å². The van der Waals surface area contributed by atoms with Crippen LogP contribution in [0.3, 0.4) is 0 Å². The minimum absolute atomic E-state index is 0.277. The fourth-order valence-corrected chi connectivity index (χ4v) is 1.59. The molecule has 1 aromatic heterocycles. The third-order valence-corrected chi connectivity index (χ3v) is 3.35. The Kier molecular flexibility index (Phi) is 3.85. The van der Waals surface area contributed by atoms with Crippen molar-refractivity contribution in [3.63, 3.8) is 0 Å². The van der Waals surface area contributed by atoms with E-state index in [1.165, 1.54) is 0 Å². The Morgan fingerprint density at radius 3 is 2.60 bits per heavy atom. The topological polar surface area (TPSA) is 79.5 Å². The summed E-state index contributed by atoms with van der Waals surface area (Å²) in [6, 6.07) is 9.47. The van der Waals surface area contributed by atoms with Crippen LogP contribution in [0.25, 0.3) is 11.4 Å². The number of benzene rings is 1. The highest BCUT2D eigenvalue weighted by molar-refractivity contribution is 5.77. The number of rotatable bonds is 5. The molecule has 0 fully saturated rings. The number of likely N-dealkylation sites (N-methyl/N-ethyl adjacent to an activating group) is 1. The molecule has 0 atom stereocenters. The van der Waals surface area contributed by atoms with E-state index in [0.717, 1.165) is 5.56 Å². The van der Waals surface area contributed by atoms with E-state index < -0.39 is 11.5 Å². The van der Waals surface area contributed by atoms with E-state index in [4.69, 9.17) is 9.63 Å². The highest BCUT2D eigenvalue weighted by Crippen LogP contribution is 2.18. The molecule has 0 saturated heterocycles. The van der Waals surface area contributed by atoms with Gasteiger partial charge in [0.25, 0.3) is 0 Å². The first-order chi connectivity index (χ1) is 9.41. The molecule has 0 spiro atoms. The normalized spacial score (nSPS) is 11.8. The molecule has 0 aliphatic rings. The molecule has 1 N–H and O–H groups in total. The first-order valence-electron chi connectivity index (χ1n) is 6.24. The van der Waals surface area contributed by atoms with Crippen LogP contribution >= 0.6 is 0 Å². The average molecular weight is 275 g/mol. The molecular formula is C14H17N3O3. The second-order valence-corrected chi connectivity index (χ2v) is 5.10. The van der Waals surface area contributed by atoms with Crippen molar-refractivity contribution >= 4 is 5.97 Å². The summed E-state index contributed by atoms with van der Waals surface area (Å²) in [5.74, 6) is -0.00870. The molecule has 20 heavy (non-hydrogen) atoms. The number of carboxylic acid groups (broad SMARTS) is 1. The summed E-state index contributed by atoms with van der Waals surface area (Å²) >= 11 is 0. The Labute approximate surface area is 117 Å². The molecule has 6 nitrogen and oxygen atoms in total. The molecule has 0 unspecified atom stereocenters. The summed E-state index contributed by atoms with van der Waals surface area (Å²) in [5.41, 5.74) is -0.135. The van der Waals surface area contributed by atoms with Gasteiger partial charge >= 0.3 is 5.97 Å². The number of aliphatic carboxylic acids is 1. The lowest BCUT2D eigenvalue weighted by Crippen LogP contribution is -2.47. The second-order valence-electron chi connectivity index (χ2n) is 5.10. The molecule has 6 heteroatoms. The highest BCUT2D eigenvalue weighted by atomic mass is 16.5. The maximum absolute atomic E-state index is 11.2. The lowest BCUT2D eigenvalue weighted by molar-refractivity contribution is -0.149. The van der Waals surface area contributed by atoms with Gasteiger partial charge in [0.05, 0.1) is 6.54 Å². The second kappa shape index (κ2) is 5.42. The van der Waals surface area contributed by atoms with Crippen molar-refractivity contribution in [3.05, 3.63) is 36.2 Å². The van der Waals surface area contributed by atoms with E-state index in [1.807, 2.05) is 30.3 Å². The van der Waals surface area contributed by atoms with Gasteiger partial charge in [-0.05, 0) is 20.9 Å². The van der Waals surface area contributed by atoms with Crippen molar-refractivity contribution in [2.75, 3.05) is 7.05 Å². The van der Waals surface area contributed by atoms with Crippen LogP contribution in [-0.2, 0) is 11.3 Å². The number of hydrogen-bond donors (Lipinski definition) is 1. The summed E-state index contributed by atoms with van der Waals surface area (Å²) in [6.45, 7) is 3.53. The van der Waals surface area contributed by atoms with Gasteiger partial charge in [0, 0.05) is 5.56 Å². The standard InChI is InChI=1S/C14H17N3O3/c1-14(2,13(18)19)17(3)9-11-15-12(16-20-11)10-7-5-4-6-8-10/h4-8H,9H2,1-3H3,(H,18,19). The minimum Gasteiger partial charge on any atom is -0.480 e. The Bertz CT molecular complexity index is 593. The van der Waals surface area contributed by atoms with E-state index in [1.54, 1.807) is 25.8 Å². The number of nitrogens with zero attached hydrogens (tertiary/aromatic N) is 3. The highest BCUT2D eigenvalue weighted by Gasteiger charge is 2.32. The first kappa shape index (κ1) is 14.2. The van der Waals surface area contributed by atoms with Crippen LogP contribution < -0.4 is 0 Å². The predicted octanol–water partition coefficient (Wildman–Crippen LogP) is 2.03. The van der Waals surface area contributed by atoms with Crippen LogP contribution in [0.5, 0.6) is 0 Å². The van der Waals surface area contributed by atoms with Crippen LogP contribution in [0.2, 0.25) is 0 Å². The maximum atomic E-state index is 11.2. The largest absolute Gasteiger partial charge is 0.480 e. The molecule has 0 bridgehead atoms. The van der Waals surface area contributed by atoms with Crippen molar-refractivity contribution in [1.29, 1.82) is 0 Å². The van der Waals surface area contributed by atoms with Gasteiger partial charge in [0.2, 0.25) is 11.7 Å². The van der Waals surface area contributed by atoms with E-state index in [-0.39, 0.29) is 6.54 Å². The van der Waals surface area contributed by atoms with E-state index >= 15 is 0 Å². The van der Waals surface area contributed by atoms with E-state index in [0.29, 0.717) is 11.7 Å². The molecule has 1 heterocycles.